The number of hydrogen-bond acceptors (Lipinski definition) is 7. The van der Waals surface area contributed by atoms with Crippen LogP contribution in [0.1, 0.15) is 36.7 Å². The van der Waals surface area contributed by atoms with Crippen LogP contribution in [0.15, 0.2) is 49.1 Å². The monoisotopic (exact) mass is 499 g/mol. The number of halogens is 2. The third-order valence-electron chi connectivity index (χ3n) is 5.65. The van der Waals surface area contributed by atoms with Gasteiger partial charge in [0.25, 0.3) is 0 Å². The molecule has 1 N–H and O–H groups in total. The van der Waals surface area contributed by atoms with Crippen LogP contribution in [0.2, 0.25) is 0 Å². The van der Waals surface area contributed by atoms with E-state index in [-0.39, 0.29) is 11.8 Å². The fraction of sp³-hybridized carbons (Fsp3) is 0.261. The molecule has 0 aliphatic heterocycles. The highest BCUT2D eigenvalue weighted by Crippen LogP contribution is 2.30. The van der Waals surface area contributed by atoms with Gasteiger partial charge in [-0.25, -0.2) is 17.2 Å². The normalized spacial score (nSPS) is 13.4. The molecule has 0 unspecified atom stereocenters. The Balaban J connectivity index is 1.79. The molecule has 2 atom stereocenters. The van der Waals surface area contributed by atoms with Crippen LogP contribution in [0.3, 0.4) is 0 Å². The number of sulfonamides is 1. The minimum Gasteiger partial charge on any atom is -0.264 e. The lowest BCUT2D eigenvalue weighted by atomic mass is 10.1. The third kappa shape index (κ3) is 4.87. The fourth-order valence-electron chi connectivity index (χ4n) is 3.50. The quantitative estimate of drug-likeness (QED) is 0.409. The van der Waals surface area contributed by atoms with Crippen molar-refractivity contribution in [1.82, 2.24) is 29.7 Å². The van der Waals surface area contributed by atoms with Gasteiger partial charge in [-0.15, -0.1) is 10.2 Å². The maximum atomic E-state index is 14.8. The van der Waals surface area contributed by atoms with E-state index in [2.05, 4.69) is 29.9 Å². The van der Waals surface area contributed by atoms with E-state index in [4.69, 9.17) is 0 Å². The summed E-state index contributed by atoms with van der Waals surface area (Å²) in [6.07, 6.45) is 6.13. The average molecular weight is 500 g/mol. The Bertz CT molecular complexity index is 1450. The first kappa shape index (κ1) is 24.3. The van der Waals surface area contributed by atoms with Gasteiger partial charge in [-0.1, -0.05) is 13.0 Å². The zero-order valence-electron chi connectivity index (χ0n) is 19.4. The number of aromatic nitrogens is 6. The molecule has 182 valence electrons. The average Bonchev–Trinajstić information content (AvgIpc) is 3.21. The van der Waals surface area contributed by atoms with E-state index in [9.17, 15) is 17.2 Å². The van der Waals surface area contributed by atoms with Crippen LogP contribution in [0.4, 0.5) is 14.7 Å². The van der Waals surface area contributed by atoms with Gasteiger partial charge in [-0.2, -0.15) is 0 Å². The molecule has 0 saturated heterocycles. The lowest BCUT2D eigenvalue weighted by molar-refractivity contribution is 0.566. The molecule has 1 aromatic carbocycles. The Kier molecular flexibility index (Phi) is 6.57. The first-order chi connectivity index (χ1) is 16.6. The summed E-state index contributed by atoms with van der Waals surface area (Å²) >= 11 is 0. The van der Waals surface area contributed by atoms with Crippen LogP contribution < -0.4 is 4.72 Å². The van der Waals surface area contributed by atoms with Gasteiger partial charge in [-0.05, 0) is 44.5 Å². The summed E-state index contributed by atoms with van der Waals surface area (Å²) in [5.74, 6) is -2.71. The van der Waals surface area contributed by atoms with Crippen molar-refractivity contribution in [3.63, 3.8) is 0 Å². The van der Waals surface area contributed by atoms with E-state index in [1.165, 1.54) is 25.4 Å². The number of pyridine rings is 1. The minimum atomic E-state index is -4.11. The van der Waals surface area contributed by atoms with Gasteiger partial charge in [0.2, 0.25) is 16.0 Å². The van der Waals surface area contributed by atoms with E-state index < -0.39 is 38.5 Å². The van der Waals surface area contributed by atoms with Crippen molar-refractivity contribution in [2.45, 2.75) is 38.9 Å². The molecule has 0 fully saturated rings. The summed E-state index contributed by atoms with van der Waals surface area (Å²) in [5.41, 5.74) is 1.85. The van der Waals surface area contributed by atoms with E-state index in [1.807, 2.05) is 0 Å². The molecule has 0 saturated carbocycles. The molecule has 4 rings (SSSR count). The molecule has 0 amide bonds. The maximum absolute atomic E-state index is 14.8. The van der Waals surface area contributed by atoms with Crippen molar-refractivity contribution < 1.29 is 17.2 Å². The van der Waals surface area contributed by atoms with Crippen molar-refractivity contribution in [1.29, 1.82) is 0 Å². The largest absolute Gasteiger partial charge is 0.264 e. The lowest BCUT2D eigenvalue weighted by Gasteiger charge is -2.21. The highest BCUT2D eigenvalue weighted by atomic mass is 32.2. The zero-order chi connectivity index (χ0) is 25.3. The predicted octanol–water partition coefficient (Wildman–Crippen LogP) is 3.95. The molecule has 0 spiro atoms. The second-order valence-electron chi connectivity index (χ2n) is 8.23. The summed E-state index contributed by atoms with van der Waals surface area (Å²) in [6, 6.07) is 5.04. The van der Waals surface area contributed by atoms with Crippen LogP contribution in [0.25, 0.3) is 17.1 Å². The van der Waals surface area contributed by atoms with Gasteiger partial charge in [-0.3, -0.25) is 24.2 Å². The number of aryl methyl sites for hydroxylation is 2. The van der Waals surface area contributed by atoms with E-state index in [0.717, 1.165) is 22.3 Å². The van der Waals surface area contributed by atoms with Crippen LogP contribution >= 0.6 is 0 Å². The predicted molar refractivity (Wildman–Crippen MR) is 126 cm³/mol. The summed E-state index contributed by atoms with van der Waals surface area (Å²) < 4.78 is 59.6. The third-order valence-corrected chi connectivity index (χ3v) is 7.51. The Morgan fingerprint density at radius 1 is 0.971 bits per heavy atom. The molecular weight excluding hydrogens is 476 g/mol. The SMILES string of the molecule is Cc1cncc(-c2nnc(NS(=O)(=O)[C@H](C)[C@H](C)c3cnc(C)cn3)n2-c2c(F)cccc2F)c1. The molecule has 0 radical (unpaired) electrons. The van der Waals surface area contributed by atoms with Gasteiger partial charge in [0.15, 0.2) is 5.82 Å². The van der Waals surface area contributed by atoms with Crippen LogP contribution in [-0.2, 0) is 10.0 Å². The summed E-state index contributed by atoms with van der Waals surface area (Å²) in [5, 5.41) is 6.97. The second-order valence-corrected chi connectivity index (χ2v) is 10.3. The second kappa shape index (κ2) is 9.45. The van der Waals surface area contributed by atoms with Crippen molar-refractivity contribution in [2.24, 2.45) is 0 Å². The first-order valence-corrected chi connectivity index (χ1v) is 12.2. The summed E-state index contributed by atoms with van der Waals surface area (Å²) in [7, 11) is -4.11. The number of hydrogen-bond donors (Lipinski definition) is 1. The molecular formula is C23H23F2N7O2S. The Morgan fingerprint density at radius 3 is 2.31 bits per heavy atom. The summed E-state index contributed by atoms with van der Waals surface area (Å²) in [4.78, 5) is 12.5. The van der Waals surface area contributed by atoms with Gasteiger partial charge in [0.05, 0.1) is 16.6 Å². The standard InChI is InChI=1S/C23H23F2N7O2S/c1-13-8-17(11-26-9-13)22-29-30-23(32(22)21-18(24)6-5-7-19(21)25)31-35(33,34)16(4)15(3)20-12-27-14(2)10-28-20/h5-12,15-16H,1-4H3,(H,30,31)/t15-,16+/m0/s1. The van der Waals surface area contributed by atoms with Crippen molar-refractivity contribution >= 4 is 16.0 Å². The molecule has 4 aromatic rings. The Hall–Kier alpha value is -3.80. The number of nitrogens with one attached hydrogen (secondary N) is 1. The number of anilines is 1. The van der Waals surface area contributed by atoms with Crippen molar-refractivity contribution in [2.75, 3.05) is 4.72 Å². The number of nitrogens with zero attached hydrogens (tertiary/aromatic N) is 6. The van der Waals surface area contributed by atoms with Crippen LogP contribution in [-0.4, -0.2) is 43.4 Å². The molecule has 9 nitrogen and oxygen atoms in total. The van der Waals surface area contributed by atoms with Crippen molar-refractivity contribution in [3.8, 4) is 17.1 Å². The highest BCUT2D eigenvalue weighted by molar-refractivity contribution is 7.93. The Labute approximate surface area is 201 Å². The molecule has 3 aromatic heterocycles. The van der Waals surface area contributed by atoms with Crippen molar-refractivity contribution in [3.05, 3.63) is 77.6 Å². The Morgan fingerprint density at radius 2 is 1.69 bits per heavy atom. The molecule has 35 heavy (non-hydrogen) atoms. The van der Waals surface area contributed by atoms with Crippen LogP contribution in [0.5, 0.6) is 0 Å². The maximum Gasteiger partial charge on any atom is 0.243 e. The summed E-state index contributed by atoms with van der Waals surface area (Å²) in [6.45, 7) is 6.78. The van der Waals surface area contributed by atoms with E-state index in [1.54, 1.807) is 39.2 Å². The number of rotatable bonds is 7. The molecule has 0 aliphatic carbocycles. The molecule has 12 heteroatoms. The zero-order valence-corrected chi connectivity index (χ0v) is 20.3. The van der Waals surface area contributed by atoms with E-state index >= 15 is 0 Å². The molecule has 3 heterocycles. The highest BCUT2D eigenvalue weighted by Gasteiger charge is 2.32. The minimum absolute atomic E-state index is 0.0213. The van der Waals surface area contributed by atoms with Gasteiger partial charge in [0, 0.05) is 36.3 Å². The topological polar surface area (TPSA) is 116 Å². The fourth-order valence-corrected chi connectivity index (χ4v) is 4.75. The van der Waals surface area contributed by atoms with Crippen LogP contribution in [0, 0.1) is 25.5 Å². The van der Waals surface area contributed by atoms with Gasteiger partial charge in [0.1, 0.15) is 17.3 Å². The molecule has 0 bridgehead atoms. The lowest BCUT2D eigenvalue weighted by Crippen LogP contribution is -2.31. The smallest absolute Gasteiger partial charge is 0.243 e. The molecule has 0 aliphatic rings. The van der Waals surface area contributed by atoms with E-state index in [0.29, 0.717) is 17.0 Å². The van der Waals surface area contributed by atoms with Gasteiger partial charge < -0.3 is 0 Å². The number of benzene rings is 1. The van der Waals surface area contributed by atoms with Gasteiger partial charge >= 0.3 is 0 Å². The number of para-hydroxylation sites is 1. The first-order valence-electron chi connectivity index (χ1n) is 10.7.